The molecule has 0 radical (unpaired) electrons. The molecule has 1 aromatic carbocycles. The Morgan fingerprint density at radius 1 is 1.00 bits per heavy atom. The summed E-state index contributed by atoms with van der Waals surface area (Å²) in [6.07, 6.45) is 1.59. The number of rotatable bonds is 7. The third-order valence-corrected chi connectivity index (χ3v) is 2.72. The Balaban J connectivity index is 2.93. The van der Waals surface area contributed by atoms with Crippen molar-refractivity contribution in [2.45, 2.75) is 39.9 Å². The lowest BCUT2D eigenvalue weighted by Gasteiger charge is -2.14. The summed E-state index contributed by atoms with van der Waals surface area (Å²) in [7, 11) is 0. The van der Waals surface area contributed by atoms with Crippen LogP contribution in [-0.4, -0.2) is 13.2 Å². The van der Waals surface area contributed by atoms with Gasteiger partial charge in [0, 0.05) is 0 Å². The van der Waals surface area contributed by atoms with Crippen molar-refractivity contribution >= 4 is 0 Å². The molecule has 1 unspecified atom stereocenters. The van der Waals surface area contributed by atoms with Gasteiger partial charge in [0.15, 0.2) is 11.5 Å². The van der Waals surface area contributed by atoms with Crippen LogP contribution in [0.1, 0.15) is 25.8 Å². The summed E-state index contributed by atoms with van der Waals surface area (Å²) in [4.78, 5) is 0. The number of ether oxygens (including phenoxy) is 2. The Morgan fingerprint density at radius 3 is 2.11 bits per heavy atom. The third kappa shape index (κ3) is 5.36. The quantitative estimate of drug-likeness (QED) is 0.686. The maximum atomic E-state index is 12.2. The molecule has 0 aliphatic rings. The fraction of sp³-hybridized carbons (Fsp3) is 0.538. The van der Waals surface area contributed by atoms with Gasteiger partial charge in [-0.3, -0.25) is 0 Å². The Kier molecular flexibility index (Phi) is 5.92. The molecule has 19 heavy (non-hydrogen) atoms. The molecule has 108 valence electrons. The summed E-state index contributed by atoms with van der Waals surface area (Å²) in [5, 5.41) is 0. The molecule has 0 bridgehead atoms. The van der Waals surface area contributed by atoms with Crippen LogP contribution in [0.5, 0.6) is 11.5 Å². The minimum absolute atomic E-state index is 0.362. The van der Waals surface area contributed by atoms with Crippen molar-refractivity contribution in [2.24, 2.45) is 5.92 Å². The minimum atomic E-state index is -3.08. The predicted octanol–water partition coefficient (Wildman–Crippen LogP) is 4.48. The van der Waals surface area contributed by atoms with Gasteiger partial charge in [-0.2, -0.15) is 17.6 Å². The van der Waals surface area contributed by atoms with Crippen LogP contribution in [0.15, 0.2) is 18.2 Å². The highest BCUT2D eigenvalue weighted by Gasteiger charge is 2.15. The fourth-order valence-corrected chi connectivity index (χ4v) is 1.61. The van der Waals surface area contributed by atoms with Crippen LogP contribution in [0, 0.1) is 5.92 Å². The van der Waals surface area contributed by atoms with Crippen LogP contribution in [0.4, 0.5) is 17.6 Å². The Morgan fingerprint density at radius 2 is 1.58 bits per heavy atom. The summed E-state index contributed by atoms with van der Waals surface area (Å²) in [5.74, 6) is -0.388. The van der Waals surface area contributed by atoms with Gasteiger partial charge in [-0.05, 0) is 30.0 Å². The van der Waals surface area contributed by atoms with E-state index in [1.54, 1.807) is 6.07 Å². The van der Waals surface area contributed by atoms with Gasteiger partial charge < -0.3 is 9.47 Å². The third-order valence-electron chi connectivity index (χ3n) is 2.72. The molecule has 2 nitrogen and oxygen atoms in total. The van der Waals surface area contributed by atoms with Gasteiger partial charge in [-0.25, -0.2) is 0 Å². The number of benzene rings is 1. The first-order valence-corrected chi connectivity index (χ1v) is 5.95. The average molecular weight is 280 g/mol. The molecule has 0 aliphatic carbocycles. The van der Waals surface area contributed by atoms with Crippen molar-refractivity contribution in [1.29, 1.82) is 0 Å². The SMILES string of the molecule is CCC(C)Cc1ccc(OC(F)F)c(OC(F)F)c1. The minimum Gasteiger partial charge on any atom is -0.431 e. The normalized spacial score (nSPS) is 12.8. The van der Waals surface area contributed by atoms with Gasteiger partial charge in [0.25, 0.3) is 0 Å². The molecule has 0 heterocycles. The van der Waals surface area contributed by atoms with Gasteiger partial charge in [0.05, 0.1) is 0 Å². The van der Waals surface area contributed by atoms with Crippen molar-refractivity contribution in [3.63, 3.8) is 0 Å². The molecule has 1 aromatic rings. The highest BCUT2D eigenvalue weighted by molar-refractivity contribution is 5.43. The second-order valence-corrected chi connectivity index (χ2v) is 4.26. The molecule has 0 saturated heterocycles. The van der Waals surface area contributed by atoms with Gasteiger partial charge in [0.1, 0.15) is 0 Å². The summed E-state index contributed by atoms with van der Waals surface area (Å²) in [6.45, 7) is -2.15. The first kappa shape index (κ1) is 15.6. The van der Waals surface area contributed by atoms with Crippen LogP contribution in [0.3, 0.4) is 0 Å². The average Bonchev–Trinajstić information content (AvgIpc) is 2.31. The molecule has 0 spiro atoms. The van der Waals surface area contributed by atoms with Crippen LogP contribution in [0.25, 0.3) is 0 Å². The van der Waals surface area contributed by atoms with Crippen molar-refractivity contribution in [3.8, 4) is 11.5 Å². The van der Waals surface area contributed by atoms with E-state index < -0.39 is 13.2 Å². The zero-order valence-corrected chi connectivity index (χ0v) is 10.7. The fourth-order valence-electron chi connectivity index (χ4n) is 1.61. The molecule has 0 fully saturated rings. The maximum absolute atomic E-state index is 12.2. The highest BCUT2D eigenvalue weighted by atomic mass is 19.3. The Hall–Kier alpha value is -1.46. The van der Waals surface area contributed by atoms with Gasteiger partial charge in [-0.1, -0.05) is 26.3 Å². The molecule has 0 N–H and O–H groups in total. The molecule has 6 heteroatoms. The second kappa shape index (κ2) is 7.21. The van der Waals surface area contributed by atoms with Gasteiger partial charge in [-0.15, -0.1) is 0 Å². The first-order valence-electron chi connectivity index (χ1n) is 5.95. The molecule has 1 rings (SSSR count). The van der Waals surface area contributed by atoms with E-state index in [0.717, 1.165) is 12.0 Å². The topological polar surface area (TPSA) is 18.5 Å². The van der Waals surface area contributed by atoms with Gasteiger partial charge in [0.2, 0.25) is 0 Å². The van der Waals surface area contributed by atoms with E-state index in [0.29, 0.717) is 12.3 Å². The Labute approximate surface area is 109 Å². The summed E-state index contributed by atoms with van der Waals surface area (Å²) in [5.41, 5.74) is 0.742. The monoisotopic (exact) mass is 280 g/mol. The summed E-state index contributed by atoms with van der Waals surface area (Å²) < 4.78 is 57.1. The lowest BCUT2D eigenvalue weighted by molar-refractivity contribution is -0.0692. The van der Waals surface area contributed by atoms with Crippen LogP contribution in [-0.2, 0) is 6.42 Å². The molecule has 0 aliphatic heterocycles. The number of hydrogen-bond acceptors (Lipinski definition) is 2. The second-order valence-electron chi connectivity index (χ2n) is 4.26. The van der Waals surface area contributed by atoms with Crippen molar-refractivity contribution in [3.05, 3.63) is 23.8 Å². The van der Waals surface area contributed by atoms with E-state index in [2.05, 4.69) is 9.47 Å². The highest BCUT2D eigenvalue weighted by Crippen LogP contribution is 2.32. The van der Waals surface area contributed by atoms with Crippen molar-refractivity contribution in [2.75, 3.05) is 0 Å². The lowest BCUT2D eigenvalue weighted by atomic mass is 9.99. The van der Waals surface area contributed by atoms with E-state index in [-0.39, 0.29) is 11.5 Å². The molecular formula is C13H16F4O2. The number of hydrogen-bond donors (Lipinski definition) is 0. The molecular weight excluding hydrogens is 264 g/mol. The molecule has 0 amide bonds. The number of alkyl halides is 4. The largest absolute Gasteiger partial charge is 0.431 e. The van der Waals surface area contributed by atoms with Crippen molar-refractivity contribution in [1.82, 2.24) is 0 Å². The maximum Gasteiger partial charge on any atom is 0.387 e. The van der Waals surface area contributed by atoms with Crippen molar-refractivity contribution < 1.29 is 27.0 Å². The zero-order chi connectivity index (χ0) is 14.4. The van der Waals surface area contributed by atoms with E-state index in [9.17, 15) is 17.6 Å². The van der Waals surface area contributed by atoms with Crippen LogP contribution >= 0.6 is 0 Å². The lowest BCUT2D eigenvalue weighted by Crippen LogP contribution is -2.08. The predicted molar refractivity (Wildman–Crippen MR) is 62.9 cm³/mol. The van der Waals surface area contributed by atoms with E-state index >= 15 is 0 Å². The summed E-state index contributed by atoms with van der Waals surface area (Å²) >= 11 is 0. The van der Waals surface area contributed by atoms with E-state index in [1.807, 2.05) is 13.8 Å². The van der Waals surface area contributed by atoms with Crippen LogP contribution < -0.4 is 9.47 Å². The Bertz CT molecular complexity index is 396. The van der Waals surface area contributed by atoms with Gasteiger partial charge >= 0.3 is 13.2 Å². The number of halogens is 4. The summed E-state index contributed by atoms with van der Waals surface area (Å²) in [6, 6.07) is 4.11. The first-order chi connectivity index (χ1) is 8.92. The molecule has 0 saturated carbocycles. The zero-order valence-electron chi connectivity index (χ0n) is 10.7. The van der Waals surface area contributed by atoms with E-state index in [4.69, 9.17) is 0 Å². The molecule has 1 atom stereocenters. The van der Waals surface area contributed by atoms with E-state index in [1.165, 1.54) is 12.1 Å². The standard InChI is InChI=1S/C13H16F4O2/c1-3-8(2)6-9-4-5-10(18-12(14)15)11(7-9)19-13(16)17/h4-5,7-8,12-13H,3,6H2,1-2H3. The smallest absolute Gasteiger partial charge is 0.387 e. The van der Waals surface area contributed by atoms with Crippen LogP contribution in [0.2, 0.25) is 0 Å². The molecule has 0 aromatic heterocycles.